The number of halogens is 1. The highest BCUT2D eigenvalue weighted by atomic mass is 35.5. The number of fused-ring (bicyclic) bond motifs is 1. The third-order valence-electron chi connectivity index (χ3n) is 4.75. The SMILES string of the molecule is CCOC(=O)C1=C(C)N=c2s/c(=C\c3ccc(C)o3)c(=O)n2[C@H]1c1ccccc1Cl. The molecule has 8 heteroatoms. The number of esters is 1. The van der Waals surface area contributed by atoms with Gasteiger partial charge in [0, 0.05) is 11.1 Å². The lowest BCUT2D eigenvalue weighted by atomic mass is 9.96. The number of ether oxygens (including phenoxy) is 1. The van der Waals surface area contributed by atoms with Crippen LogP contribution in [0.1, 0.15) is 37.0 Å². The summed E-state index contributed by atoms with van der Waals surface area (Å²) in [5.74, 6) is 0.816. The van der Waals surface area contributed by atoms with Crippen molar-refractivity contribution >= 4 is 35.0 Å². The van der Waals surface area contributed by atoms with Crippen LogP contribution in [0.25, 0.3) is 6.08 Å². The molecular weight excluding hydrogens is 424 g/mol. The second kappa shape index (κ2) is 8.08. The zero-order chi connectivity index (χ0) is 21.4. The largest absolute Gasteiger partial charge is 0.463 e. The van der Waals surface area contributed by atoms with Gasteiger partial charge in [0.05, 0.1) is 22.4 Å². The van der Waals surface area contributed by atoms with Gasteiger partial charge in [0.2, 0.25) is 0 Å². The van der Waals surface area contributed by atoms with Gasteiger partial charge < -0.3 is 9.15 Å². The van der Waals surface area contributed by atoms with E-state index in [9.17, 15) is 9.59 Å². The van der Waals surface area contributed by atoms with Crippen LogP contribution < -0.4 is 14.9 Å². The Hall–Kier alpha value is -2.90. The Labute approximate surface area is 181 Å². The van der Waals surface area contributed by atoms with E-state index in [0.717, 1.165) is 5.76 Å². The highest BCUT2D eigenvalue weighted by Gasteiger charge is 2.34. The van der Waals surface area contributed by atoms with E-state index in [4.69, 9.17) is 20.8 Å². The van der Waals surface area contributed by atoms with E-state index in [1.807, 2.05) is 19.1 Å². The lowest BCUT2D eigenvalue weighted by Crippen LogP contribution is -2.40. The molecule has 30 heavy (non-hydrogen) atoms. The number of hydrogen-bond acceptors (Lipinski definition) is 6. The fourth-order valence-electron chi connectivity index (χ4n) is 3.44. The zero-order valence-corrected chi connectivity index (χ0v) is 18.2. The molecule has 0 spiro atoms. The maximum atomic E-state index is 13.4. The molecule has 1 aliphatic heterocycles. The number of thiazole rings is 1. The first kappa shape index (κ1) is 20.4. The first-order valence-electron chi connectivity index (χ1n) is 9.41. The Kier molecular flexibility index (Phi) is 5.49. The molecule has 0 amide bonds. The van der Waals surface area contributed by atoms with E-state index in [-0.39, 0.29) is 12.2 Å². The van der Waals surface area contributed by atoms with Crippen LogP contribution >= 0.6 is 22.9 Å². The molecule has 0 saturated heterocycles. The number of benzene rings is 1. The molecule has 0 unspecified atom stereocenters. The quantitative estimate of drug-likeness (QED) is 0.581. The first-order valence-corrected chi connectivity index (χ1v) is 10.6. The van der Waals surface area contributed by atoms with Crippen LogP contribution in [0.4, 0.5) is 0 Å². The van der Waals surface area contributed by atoms with Gasteiger partial charge in [-0.3, -0.25) is 9.36 Å². The first-order chi connectivity index (χ1) is 14.4. The molecule has 0 N–H and O–H groups in total. The molecule has 154 valence electrons. The molecule has 0 saturated carbocycles. The number of nitrogens with zero attached hydrogens (tertiary/aromatic N) is 2. The summed E-state index contributed by atoms with van der Waals surface area (Å²) in [6, 6.07) is 10.1. The van der Waals surface area contributed by atoms with Crippen molar-refractivity contribution in [2.24, 2.45) is 4.99 Å². The van der Waals surface area contributed by atoms with E-state index in [1.165, 1.54) is 15.9 Å². The van der Waals surface area contributed by atoms with Crippen LogP contribution in [0.5, 0.6) is 0 Å². The van der Waals surface area contributed by atoms with Crippen molar-refractivity contribution in [2.45, 2.75) is 26.8 Å². The molecule has 0 bridgehead atoms. The minimum absolute atomic E-state index is 0.215. The molecule has 0 fully saturated rings. The lowest BCUT2D eigenvalue weighted by Gasteiger charge is -2.25. The van der Waals surface area contributed by atoms with Crippen molar-refractivity contribution in [1.82, 2.24) is 4.57 Å². The summed E-state index contributed by atoms with van der Waals surface area (Å²) in [7, 11) is 0. The molecule has 1 atom stereocenters. The monoisotopic (exact) mass is 442 g/mol. The predicted molar refractivity (Wildman–Crippen MR) is 115 cm³/mol. The topological polar surface area (TPSA) is 73.8 Å². The van der Waals surface area contributed by atoms with Crippen molar-refractivity contribution in [3.05, 3.63) is 89.5 Å². The van der Waals surface area contributed by atoms with Gasteiger partial charge in [0.1, 0.15) is 17.6 Å². The summed E-state index contributed by atoms with van der Waals surface area (Å²) in [5.41, 5.74) is 1.17. The Bertz CT molecular complexity index is 1350. The number of furan rings is 1. The molecular formula is C22H19ClN2O4S. The van der Waals surface area contributed by atoms with Gasteiger partial charge >= 0.3 is 5.97 Å². The van der Waals surface area contributed by atoms with Crippen molar-refractivity contribution < 1.29 is 13.9 Å². The molecule has 1 aromatic carbocycles. The summed E-state index contributed by atoms with van der Waals surface area (Å²) < 4.78 is 12.8. The second-order valence-electron chi connectivity index (χ2n) is 6.77. The summed E-state index contributed by atoms with van der Waals surface area (Å²) in [4.78, 5) is 31.2. The minimum Gasteiger partial charge on any atom is -0.463 e. The molecule has 1 aliphatic rings. The number of carbonyl (C=O) groups is 1. The van der Waals surface area contributed by atoms with Gasteiger partial charge in [-0.25, -0.2) is 9.79 Å². The Balaban J connectivity index is 1.99. The van der Waals surface area contributed by atoms with E-state index in [1.54, 1.807) is 44.2 Å². The van der Waals surface area contributed by atoms with Gasteiger partial charge in [-0.1, -0.05) is 41.1 Å². The van der Waals surface area contributed by atoms with E-state index in [0.29, 0.717) is 37.0 Å². The van der Waals surface area contributed by atoms with Gasteiger partial charge in [-0.05, 0) is 44.5 Å². The maximum Gasteiger partial charge on any atom is 0.338 e. The average Bonchev–Trinajstić information content (AvgIpc) is 3.24. The van der Waals surface area contributed by atoms with Crippen LogP contribution in [0, 0.1) is 6.92 Å². The van der Waals surface area contributed by atoms with Crippen LogP contribution in [-0.4, -0.2) is 17.1 Å². The highest BCUT2D eigenvalue weighted by Crippen LogP contribution is 2.34. The maximum absolute atomic E-state index is 13.4. The Morgan fingerprint density at radius 1 is 1.30 bits per heavy atom. The standard InChI is InChI=1S/C22H19ClN2O4S/c1-4-28-21(27)18-13(3)24-22-25(19(18)15-7-5-6-8-16(15)23)20(26)17(30-22)11-14-10-9-12(2)29-14/h5-11,19H,4H2,1-3H3/b17-11-/t19-/m0/s1. The number of allylic oxidation sites excluding steroid dienone is 1. The number of carbonyl (C=O) groups excluding carboxylic acids is 1. The van der Waals surface area contributed by atoms with Crippen molar-refractivity contribution in [3.63, 3.8) is 0 Å². The van der Waals surface area contributed by atoms with Gasteiger partial charge in [0.15, 0.2) is 4.80 Å². The van der Waals surface area contributed by atoms with Crippen LogP contribution in [0.15, 0.2) is 61.9 Å². The fourth-order valence-corrected chi connectivity index (χ4v) is 4.71. The molecule has 0 aliphatic carbocycles. The van der Waals surface area contributed by atoms with Crippen LogP contribution in [0.3, 0.4) is 0 Å². The third-order valence-corrected chi connectivity index (χ3v) is 6.08. The third kappa shape index (κ3) is 3.55. The summed E-state index contributed by atoms with van der Waals surface area (Å²) in [6.07, 6.45) is 1.68. The van der Waals surface area contributed by atoms with Crippen LogP contribution in [0.2, 0.25) is 5.02 Å². The lowest BCUT2D eigenvalue weighted by molar-refractivity contribution is -0.139. The molecule has 6 nitrogen and oxygen atoms in total. The summed E-state index contributed by atoms with van der Waals surface area (Å²) in [5, 5.41) is 0.454. The molecule has 4 rings (SSSR count). The fraction of sp³-hybridized carbons (Fsp3) is 0.227. The summed E-state index contributed by atoms with van der Waals surface area (Å²) >= 11 is 7.71. The zero-order valence-electron chi connectivity index (χ0n) is 16.6. The second-order valence-corrected chi connectivity index (χ2v) is 8.19. The van der Waals surface area contributed by atoms with Gasteiger partial charge in [-0.15, -0.1) is 0 Å². The molecule has 2 aromatic heterocycles. The van der Waals surface area contributed by atoms with Gasteiger partial charge in [-0.2, -0.15) is 0 Å². The Morgan fingerprint density at radius 2 is 2.07 bits per heavy atom. The number of aryl methyl sites for hydroxylation is 1. The molecule has 3 heterocycles. The normalized spacial score (nSPS) is 16.4. The van der Waals surface area contributed by atoms with Crippen molar-refractivity contribution in [2.75, 3.05) is 6.61 Å². The number of aromatic nitrogens is 1. The van der Waals surface area contributed by atoms with Crippen molar-refractivity contribution in [3.8, 4) is 0 Å². The Morgan fingerprint density at radius 3 is 2.73 bits per heavy atom. The van der Waals surface area contributed by atoms with E-state index >= 15 is 0 Å². The average molecular weight is 443 g/mol. The minimum atomic E-state index is -0.727. The highest BCUT2D eigenvalue weighted by molar-refractivity contribution is 7.07. The number of rotatable bonds is 4. The summed E-state index contributed by atoms with van der Waals surface area (Å²) in [6.45, 7) is 5.53. The predicted octanol–water partition coefficient (Wildman–Crippen LogP) is 3.35. The van der Waals surface area contributed by atoms with Gasteiger partial charge in [0.25, 0.3) is 5.56 Å². The molecule has 0 radical (unpaired) electrons. The smallest absolute Gasteiger partial charge is 0.338 e. The van der Waals surface area contributed by atoms with E-state index < -0.39 is 12.0 Å². The van der Waals surface area contributed by atoms with Crippen molar-refractivity contribution in [1.29, 1.82) is 0 Å². The van der Waals surface area contributed by atoms with E-state index in [2.05, 4.69) is 4.99 Å². The van der Waals surface area contributed by atoms with Crippen LogP contribution in [-0.2, 0) is 9.53 Å². The number of hydrogen-bond donors (Lipinski definition) is 0. The molecule has 3 aromatic rings.